The molecule has 0 aliphatic rings. The molecule has 0 unspecified atom stereocenters. The summed E-state index contributed by atoms with van der Waals surface area (Å²) in [6.07, 6.45) is 1.86. The van der Waals surface area contributed by atoms with Gasteiger partial charge >= 0.3 is 5.97 Å². The predicted molar refractivity (Wildman–Crippen MR) is 107 cm³/mol. The first-order valence-electron chi connectivity index (χ1n) is 8.89. The molecule has 1 aromatic heterocycles. The number of esters is 1. The van der Waals surface area contributed by atoms with Gasteiger partial charge in [0.1, 0.15) is 10.7 Å². The molecule has 8 nitrogen and oxygen atoms in total. The number of amides is 2. The molecule has 0 atom stereocenters. The molecule has 0 radical (unpaired) electrons. The Morgan fingerprint density at radius 2 is 1.75 bits per heavy atom. The fraction of sp³-hybridized carbons (Fsp3) is 0.368. The van der Waals surface area contributed by atoms with Gasteiger partial charge in [-0.15, -0.1) is 0 Å². The first-order chi connectivity index (χ1) is 13.3. The Bertz CT molecular complexity index is 862. The van der Waals surface area contributed by atoms with Crippen LogP contribution in [-0.2, 0) is 20.9 Å². The summed E-state index contributed by atoms with van der Waals surface area (Å²) < 4.78 is 6.64. The van der Waals surface area contributed by atoms with E-state index >= 15 is 0 Å². The highest BCUT2D eigenvalue weighted by atomic mass is 35.5. The Kier molecular flexibility index (Phi) is 7.57. The molecular formula is C19H23ClN4O4. The summed E-state index contributed by atoms with van der Waals surface area (Å²) in [5, 5.41) is 9.69. The molecule has 0 spiro atoms. The van der Waals surface area contributed by atoms with E-state index in [9.17, 15) is 14.4 Å². The van der Waals surface area contributed by atoms with Gasteiger partial charge in [-0.1, -0.05) is 24.9 Å². The number of ether oxygens (including phenoxy) is 1. The van der Waals surface area contributed by atoms with E-state index in [4.69, 9.17) is 16.3 Å². The van der Waals surface area contributed by atoms with Crippen LogP contribution >= 0.6 is 11.6 Å². The second-order valence-corrected chi connectivity index (χ2v) is 6.57. The highest BCUT2D eigenvalue weighted by Gasteiger charge is 2.22. The maximum Gasteiger partial charge on any atom is 0.343 e. The summed E-state index contributed by atoms with van der Waals surface area (Å²) in [7, 11) is 0. The lowest BCUT2D eigenvalue weighted by Crippen LogP contribution is -2.21. The molecule has 2 rings (SSSR count). The summed E-state index contributed by atoms with van der Waals surface area (Å²) >= 11 is 6.23. The Labute approximate surface area is 168 Å². The van der Waals surface area contributed by atoms with Crippen LogP contribution in [0.3, 0.4) is 0 Å². The van der Waals surface area contributed by atoms with Crippen molar-refractivity contribution in [1.29, 1.82) is 0 Å². The summed E-state index contributed by atoms with van der Waals surface area (Å²) in [6, 6.07) is 6.56. The molecular weight excluding hydrogens is 384 g/mol. The highest BCUT2D eigenvalue weighted by Crippen LogP contribution is 2.21. The Morgan fingerprint density at radius 1 is 1.14 bits per heavy atom. The summed E-state index contributed by atoms with van der Waals surface area (Å²) in [5.41, 5.74) is 1.75. The molecule has 0 bridgehead atoms. The number of nitrogens with zero attached hydrogens (tertiary/aromatic N) is 2. The zero-order valence-corrected chi connectivity index (χ0v) is 16.8. The highest BCUT2D eigenvalue weighted by molar-refractivity contribution is 6.32. The van der Waals surface area contributed by atoms with E-state index in [2.05, 4.69) is 15.7 Å². The van der Waals surface area contributed by atoms with Crippen LogP contribution in [0.15, 0.2) is 24.3 Å². The monoisotopic (exact) mass is 406 g/mol. The molecule has 0 fully saturated rings. The van der Waals surface area contributed by atoms with Gasteiger partial charge in [0.25, 0.3) is 5.91 Å². The average molecular weight is 407 g/mol. The topological polar surface area (TPSA) is 102 Å². The molecule has 150 valence electrons. The number of aromatic nitrogens is 2. The van der Waals surface area contributed by atoms with Crippen LogP contribution < -0.4 is 10.6 Å². The van der Waals surface area contributed by atoms with Gasteiger partial charge in [-0.25, -0.2) is 4.79 Å². The minimum atomic E-state index is -0.693. The van der Waals surface area contributed by atoms with E-state index in [1.54, 1.807) is 35.9 Å². The quantitative estimate of drug-likeness (QED) is 0.654. The maximum atomic E-state index is 12.3. The lowest BCUT2D eigenvalue weighted by Gasteiger charge is -2.08. The van der Waals surface area contributed by atoms with Gasteiger partial charge in [-0.05, 0) is 37.6 Å². The van der Waals surface area contributed by atoms with E-state index < -0.39 is 18.5 Å². The molecule has 1 aromatic carbocycles. The zero-order chi connectivity index (χ0) is 20.7. The first-order valence-corrected chi connectivity index (χ1v) is 9.27. The number of hydrogen-bond acceptors (Lipinski definition) is 5. The number of aryl methyl sites for hydroxylation is 2. The van der Waals surface area contributed by atoms with Crippen molar-refractivity contribution in [1.82, 2.24) is 9.78 Å². The van der Waals surface area contributed by atoms with Crippen LogP contribution in [0.1, 0.15) is 42.7 Å². The smallest absolute Gasteiger partial charge is 0.343 e. The van der Waals surface area contributed by atoms with Crippen LogP contribution in [0.25, 0.3) is 0 Å². The molecule has 2 N–H and O–H groups in total. The van der Waals surface area contributed by atoms with Crippen LogP contribution in [0.5, 0.6) is 0 Å². The number of rotatable bonds is 8. The number of unbranched alkanes of at least 4 members (excludes halogenated alkanes) is 1. The fourth-order valence-corrected chi connectivity index (χ4v) is 2.82. The van der Waals surface area contributed by atoms with Crippen LogP contribution in [0.2, 0.25) is 5.15 Å². The van der Waals surface area contributed by atoms with Crippen LogP contribution in [-0.4, -0.2) is 34.2 Å². The van der Waals surface area contributed by atoms with Crippen molar-refractivity contribution in [3.8, 4) is 0 Å². The molecule has 0 saturated carbocycles. The second-order valence-electron chi connectivity index (χ2n) is 6.21. The average Bonchev–Trinajstić information content (AvgIpc) is 2.92. The number of hydrogen-bond donors (Lipinski definition) is 2. The molecule has 1 heterocycles. The normalized spacial score (nSPS) is 10.4. The predicted octanol–water partition coefficient (Wildman–Crippen LogP) is 3.40. The number of benzene rings is 1. The van der Waals surface area contributed by atoms with Crippen molar-refractivity contribution in [2.75, 3.05) is 17.2 Å². The van der Waals surface area contributed by atoms with Gasteiger partial charge in [0.2, 0.25) is 5.91 Å². The molecule has 9 heteroatoms. The van der Waals surface area contributed by atoms with Crippen molar-refractivity contribution in [2.24, 2.45) is 0 Å². The van der Waals surface area contributed by atoms with E-state index in [0.29, 0.717) is 23.6 Å². The van der Waals surface area contributed by atoms with E-state index in [-0.39, 0.29) is 16.6 Å². The fourth-order valence-electron chi connectivity index (χ4n) is 2.48. The molecule has 28 heavy (non-hydrogen) atoms. The van der Waals surface area contributed by atoms with Gasteiger partial charge in [0.15, 0.2) is 6.61 Å². The van der Waals surface area contributed by atoms with Gasteiger partial charge in [0.05, 0.1) is 5.69 Å². The SMILES string of the molecule is CCCCn1nc(C)c(C(=O)OCC(=O)Nc2ccc(NC(C)=O)cc2)c1Cl. The third-order valence-corrected chi connectivity index (χ3v) is 4.20. The third kappa shape index (κ3) is 5.82. The second kappa shape index (κ2) is 9.89. The maximum absolute atomic E-state index is 12.3. The Balaban J connectivity index is 1.91. The molecule has 0 aliphatic heterocycles. The van der Waals surface area contributed by atoms with Crippen molar-refractivity contribution >= 4 is 40.8 Å². The summed E-state index contributed by atoms with van der Waals surface area (Å²) in [6.45, 7) is 5.28. The molecule has 2 aromatic rings. The number of nitrogens with one attached hydrogen (secondary N) is 2. The Hall–Kier alpha value is -2.87. The number of carbonyl (C=O) groups is 3. The minimum Gasteiger partial charge on any atom is -0.452 e. The van der Waals surface area contributed by atoms with Crippen molar-refractivity contribution in [2.45, 2.75) is 40.2 Å². The third-order valence-electron chi connectivity index (χ3n) is 3.82. The van der Waals surface area contributed by atoms with Crippen molar-refractivity contribution < 1.29 is 19.1 Å². The van der Waals surface area contributed by atoms with E-state index in [1.165, 1.54) is 6.92 Å². The molecule has 0 saturated heterocycles. The van der Waals surface area contributed by atoms with Gasteiger partial charge < -0.3 is 15.4 Å². The number of halogens is 1. The van der Waals surface area contributed by atoms with Gasteiger partial charge in [-0.3, -0.25) is 14.3 Å². The summed E-state index contributed by atoms with van der Waals surface area (Å²) in [4.78, 5) is 35.3. The lowest BCUT2D eigenvalue weighted by molar-refractivity contribution is -0.119. The zero-order valence-electron chi connectivity index (χ0n) is 16.0. The number of anilines is 2. The van der Waals surface area contributed by atoms with Crippen molar-refractivity contribution in [3.63, 3.8) is 0 Å². The first kappa shape index (κ1) is 21.4. The van der Waals surface area contributed by atoms with E-state index in [0.717, 1.165) is 12.8 Å². The summed E-state index contributed by atoms with van der Waals surface area (Å²) in [5.74, 6) is -1.37. The molecule has 0 aliphatic carbocycles. The molecule has 2 amide bonds. The van der Waals surface area contributed by atoms with Gasteiger partial charge in [-0.2, -0.15) is 5.10 Å². The lowest BCUT2D eigenvalue weighted by atomic mass is 10.2. The van der Waals surface area contributed by atoms with E-state index in [1.807, 2.05) is 6.92 Å². The van der Waals surface area contributed by atoms with Crippen molar-refractivity contribution in [3.05, 3.63) is 40.7 Å². The number of carbonyl (C=O) groups excluding carboxylic acids is 3. The standard InChI is InChI=1S/C19H23ClN4O4/c1-4-5-10-24-18(20)17(12(2)23-24)19(27)28-11-16(26)22-15-8-6-14(7-9-15)21-13(3)25/h6-9H,4-5,10-11H2,1-3H3,(H,21,25)(H,22,26). The van der Waals surface area contributed by atoms with Crippen LogP contribution in [0.4, 0.5) is 11.4 Å². The minimum absolute atomic E-state index is 0.172. The van der Waals surface area contributed by atoms with Gasteiger partial charge in [0, 0.05) is 24.8 Å². The largest absolute Gasteiger partial charge is 0.452 e. The van der Waals surface area contributed by atoms with Crippen LogP contribution in [0, 0.1) is 6.92 Å². The Morgan fingerprint density at radius 3 is 2.32 bits per heavy atom.